The van der Waals surface area contributed by atoms with Gasteiger partial charge in [0.25, 0.3) is 0 Å². The van der Waals surface area contributed by atoms with Crippen LogP contribution in [0.5, 0.6) is 11.5 Å². The lowest BCUT2D eigenvalue weighted by Crippen LogP contribution is -2.38. The highest BCUT2D eigenvalue weighted by Crippen LogP contribution is 2.28. The summed E-state index contributed by atoms with van der Waals surface area (Å²) in [5.41, 5.74) is 1.21. The van der Waals surface area contributed by atoms with Gasteiger partial charge in [0.15, 0.2) is 11.5 Å². The van der Waals surface area contributed by atoms with Crippen LogP contribution in [0.2, 0.25) is 0 Å². The zero-order valence-electron chi connectivity index (χ0n) is 13.8. The molecule has 1 saturated heterocycles. The minimum absolute atomic E-state index is 0.643. The normalized spacial score (nSPS) is 15.7. The van der Waals surface area contributed by atoms with Crippen molar-refractivity contribution in [2.45, 2.75) is 20.4 Å². The SMILES string of the molecule is CCNCc1ccc(OCCN2CCOCC2)c(OCC)c1. The first-order chi connectivity index (χ1) is 10.8. The second kappa shape index (κ2) is 9.66. The molecule has 0 unspecified atom stereocenters. The first kappa shape index (κ1) is 17.1. The van der Waals surface area contributed by atoms with Crippen LogP contribution in [0, 0.1) is 0 Å². The molecular weight excluding hydrogens is 280 g/mol. The van der Waals surface area contributed by atoms with E-state index in [2.05, 4.69) is 29.3 Å². The summed E-state index contributed by atoms with van der Waals surface area (Å²) in [5, 5.41) is 3.32. The van der Waals surface area contributed by atoms with E-state index < -0.39 is 0 Å². The molecule has 0 bridgehead atoms. The number of morpholine rings is 1. The lowest BCUT2D eigenvalue weighted by Gasteiger charge is -2.26. The molecule has 1 N–H and O–H groups in total. The molecule has 0 aliphatic carbocycles. The molecule has 5 nitrogen and oxygen atoms in total. The van der Waals surface area contributed by atoms with Gasteiger partial charge in [-0.15, -0.1) is 0 Å². The van der Waals surface area contributed by atoms with Crippen molar-refractivity contribution in [3.8, 4) is 11.5 Å². The predicted molar refractivity (Wildman–Crippen MR) is 87.7 cm³/mol. The first-order valence-electron chi connectivity index (χ1n) is 8.22. The van der Waals surface area contributed by atoms with E-state index in [4.69, 9.17) is 14.2 Å². The van der Waals surface area contributed by atoms with Gasteiger partial charge in [-0.1, -0.05) is 13.0 Å². The van der Waals surface area contributed by atoms with Crippen molar-refractivity contribution in [3.05, 3.63) is 23.8 Å². The summed E-state index contributed by atoms with van der Waals surface area (Å²) in [4.78, 5) is 2.36. The number of nitrogens with zero attached hydrogens (tertiary/aromatic N) is 1. The topological polar surface area (TPSA) is 43.0 Å². The van der Waals surface area contributed by atoms with E-state index in [1.807, 2.05) is 13.0 Å². The Morgan fingerprint density at radius 2 is 1.95 bits per heavy atom. The zero-order valence-corrected chi connectivity index (χ0v) is 13.8. The van der Waals surface area contributed by atoms with Gasteiger partial charge in [-0.3, -0.25) is 4.90 Å². The van der Waals surface area contributed by atoms with E-state index >= 15 is 0 Å². The maximum Gasteiger partial charge on any atom is 0.161 e. The molecule has 0 atom stereocenters. The highest BCUT2D eigenvalue weighted by Gasteiger charge is 2.11. The smallest absolute Gasteiger partial charge is 0.161 e. The van der Waals surface area contributed by atoms with E-state index in [-0.39, 0.29) is 0 Å². The van der Waals surface area contributed by atoms with Crippen molar-refractivity contribution in [1.29, 1.82) is 0 Å². The van der Waals surface area contributed by atoms with Gasteiger partial charge < -0.3 is 19.5 Å². The van der Waals surface area contributed by atoms with Crippen molar-refractivity contribution >= 4 is 0 Å². The summed E-state index contributed by atoms with van der Waals surface area (Å²) in [6, 6.07) is 6.17. The number of ether oxygens (including phenoxy) is 3. The first-order valence-corrected chi connectivity index (χ1v) is 8.22. The van der Waals surface area contributed by atoms with E-state index in [0.29, 0.717) is 13.2 Å². The minimum atomic E-state index is 0.643. The van der Waals surface area contributed by atoms with Gasteiger partial charge >= 0.3 is 0 Å². The molecule has 1 heterocycles. The van der Waals surface area contributed by atoms with Crippen LogP contribution in [-0.2, 0) is 11.3 Å². The van der Waals surface area contributed by atoms with Crippen LogP contribution in [0.1, 0.15) is 19.4 Å². The van der Waals surface area contributed by atoms with E-state index in [0.717, 1.165) is 57.4 Å². The summed E-state index contributed by atoms with van der Waals surface area (Å²) in [6.45, 7) is 11.8. The fourth-order valence-electron chi connectivity index (χ4n) is 2.43. The van der Waals surface area contributed by atoms with E-state index in [1.54, 1.807) is 0 Å². The van der Waals surface area contributed by atoms with E-state index in [1.165, 1.54) is 5.56 Å². The molecule has 0 saturated carbocycles. The standard InChI is InChI=1S/C17H28N2O3/c1-3-18-14-15-5-6-16(17(13-15)21-4-2)22-12-9-19-7-10-20-11-8-19/h5-6,13,18H,3-4,7-12,14H2,1-2H3. The Morgan fingerprint density at radius 1 is 1.14 bits per heavy atom. The van der Waals surface area contributed by atoms with Crippen molar-refractivity contribution in [3.63, 3.8) is 0 Å². The molecular formula is C17H28N2O3. The maximum absolute atomic E-state index is 5.92. The average Bonchev–Trinajstić information content (AvgIpc) is 2.56. The van der Waals surface area contributed by atoms with Gasteiger partial charge in [-0.2, -0.15) is 0 Å². The van der Waals surface area contributed by atoms with Gasteiger partial charge in [-0.05, 0) is 31.2 Å². The molecule has 0 amide bonds. The van der Waals surface area contributed by atoms with Gasteiger partial charge in [-0.25, -0.2) is 0 Å². The van der Waals surface area contributed by atoms with Gasteiger partial charge in [0, 0.05) is 26.2 Å². The second-order valence-electron chi connectivity index (χ2n) is 5.30. The molecule has 1 aromatic rings. The highest BCUT2D eigenvalue weighted by atomic mass is 16.5. The average molecular weight is 308 g/mol. The second-order valence-corrected chi connectivity index (χ2v) is 5.30. The summed E-state index contributed by atoms with van der Waals surface area (Å²) >= 11 is 0. The lowest BCUT2D eigenvalue weighted by atomic mass is 10.2. The molecule has 5 heteroatoms. The largest absolute Gasteiger partial charge is 0.490 e. The molecule has 124 valence electrons. The zero-order chi connectivity index (χ0) is 15.6. The highest BCUT2D eigenvalue weighted by molar-refractivity contribution is 5.43. The molecule has 2 rings (SSSR count). The van der Waals surface area contributed by atoms with Gasteiger partial charge in [0.1, 0.15) is 6.61 Å². The van der Waals surface area contributed by atoms with Crippen LogP contribution >= 0.6 is 0 Å². The Hall–Kier alpha value is -1.30. The third-order valence-electron chi connectivity index (χ3n) is 3.66. The molecule has 0 aromatic heterocycles. The van der Waals surface area contributed by atoms with Crippen LogP contribution in [0.15, 0.2) is 18.2 Å². The van der Waals surface area contributed by atoms with Crippen LogP contribution in [-0.4, -0.2) is 57.5 Å². The Labute approximate surface area is 133 Å². The molecule has 1 aromatic carbocycles. The Kier molecular flexibility index (Phi) is 7.49. The third kappa shape index (κ3) is 5.48. The monoisotopic (exact) mass is 308 g/mol. The molecule has 0 radical (unpaired) electrons. The summed E-state index contributed by atoms with van der Waals surface area (Å²) in [6.07, 6.45) is 0. The number of nitrogens with one attached hydrogen (secondary N) is 1. The summed E-state index contributed by atoms with van der Waals surface area (Å²) in [7, 11) is 0. The van der Waals surface area contributed by atoms with Crippen LogP contribution < -0.4 is 14.8 Å². The Morgan fingerprint density at radius 3 is 2.68 bits per heavy atom. The van der Waals surface area contributed by atoms with Crippen molar-refractivity contribution in [2.24, 2.45) is 0 Å². The van der Waals surface area contributed by atoms with Gasteiger partial charge in [0.2, 0.25) is 0 Å². The van der Waals surface area contributed by atoms with Crippen LogP contribution in [0.3, 0.4) is 0 Å². The van der Waals surface area contributed by atoms with Crippen molar-refractivity contribution in [1.82, 2.24) is 10.2 Å². The number of hydrogen-bond donors (Lipinski definition) is 1. The molecule has 22 heavy (non-hydrogen) atoms. The minimum Gasteiger partial charge on any atom is -0.490 e. The van der Waals surface area contributed by atoms with Gasteiger partial charge in [0.05, 0.1) is 19.8 Å². The quantitative estimate of drug-likeness (QED) is 0.755. The molecule has 1 aliphatic heterocycles. The molecule has 1 fully saturated rings. The van der Waals surface area contributed by atoms with E-state index in [9.17, 15) is 0 Å². The number of rotatable bonds is 9. The Balaban J connectivity index is 1.87. The maximum atomic E-state index is 5.92. The molecule has 0 spiro atoms. The summed E-state index contributed by atoms with van der Waals surface area (Å²) in [5.74, 6) is 1.66. The fourth-order valence-corrected chi connectivity index (χ4v) is 2.43. The van der Waals surface area contributed by atoms with Crippen LogP contribution in [0.4, 0.5) is 0 Å². The predicted octanol–water partition coefficient (Wildman–Crippen LogP) is 1.91. The lowest BCUT2D eigenvalue weighted by molar-refractivity contribution is 0.0321. The van der Waals surface area contributed by atoms with Crippen LogP contribution in [0.25, 0.3) is 0 Å². The number of hydrogen-bond acceptors (Lipinski definition) is 5. The Bertz CT molecular complexity index is 434. The number of benzene rings is 1. The van der Waals surface area contributed by atoms with Crippen molar-refractivity contribution < 1.29 is 14.2 Å². The fraction of sp³-hybridized carbons (Fsp3) is 0.647. The van der Waals surface area contributed by atoms with Crippen molar-refractivity contribution in [2.75, 3.05) is 52.6 Å². The third-order valence-corrected chi connectivity index (χ3v) is 3.66. The summed E-state index contributed by atoms with van der Waals surface area (Å²) < 4.78 is 17.0. The molecule has 1 aliphatic rings.